The second-order valence-electron chi connectivity index (χ2n) is 6.74. The van der Waals surface area contributed by atoms with Crippen LogP contribution in [0.5, 0.6) is 0 Å². The summed E-state index contributed by atoms with van der Waals surface area (Å²) in [6.45, 7) is 1.93. The predicted octanol–water partition coefficient (Wildman–Crippen LogP) is 2.77. The Morgan fingerprint density at radius 2 is 2.11 bits per heavy atom. The van der Waals surface area contributed by atoms with Gasteiger partial charge in [-0.1, -0.05) is 40.7 Å². The molecule has 0 radical (unpaired) electrons. The third kappa shape index (κ3) is 3.61. The molecule has 0 unspecified atom stereocenters. The van der Waals surface area contributed by atoms with E-state index in [2.05, 4.69) is 20.8 Å². The maximum Gasteiger partial charge on any atom is 0.290 e. The number of benzene rings is 1. The molecule has 2 aromatic heterocycles. The van der Waals surface area contributed by atoms with E-state index in [1.54, 1.807) is 13.2 Å². The van der Waals surface area contributed by atoms with Gasteiger partial charge in [-0.15, -0.1) is 5.10 Å². The number of hydrogen-bond acceptors (Lipinski definition) is 6. The lowest BCUT2D eigenvalue weighted by molar-refractivity contribution is 0.0850. The lowest BCUT2D eigenvalue weighted by atomic mass is 9.87. The second kappa shape index (κ2) is 7.32. The zero-order chi connectivity index (χ0) is 18.8. The Bertz CT molecular complexity index is 914. The first-order chi connectivity index (χ1) is 13.1. The van der Waals surface area contributed by atoms with Crippen molar-refractivity contribution in [3.63, 3.8) is 0 Å². The van der Waals surface area contributed by atoms with Gasteiger partial charge in [0.25, 0.3) is 5.91 Å². The monoisotopic (exact) mass is 367 g/mol. The largest absolute Gasteiger partial charge is 0.375 e. The van der Waals surface area contributed by atoms with E-state index in [9.17, 15) is 4.79 Å². The minimum atomic E-state index is -0.250. The molecule has 1 saturated carbocycles. The number of nitrogens with one attached hydrogen (secondary N) is 1. The number of methoxy groups -OCH3 is 1. The Kier molecular flexibility index (Phi) is 4.72. The van der Waals surface area contributed by atoms with Crippen LogP contribution in [0, 0.1) is 0 Å². The maximum absolute atomic E-state index is 12.4. The minimum Gasteiger partial charge on any atom is -0.375 e. The Morgan fingerprint density at radius 1 is 1.33 bits per heavy atom. The molecule has 1 aliphatic rings. The van der Waals surface area contributed by atoms with Gasteiger partial charge in [0.05, 0.1) is 18.3 Å². The zero-order valence-electron chi connectivity index (χ0n) is 15.2. The zero-order valence-corrected chi connectivity index (χ0v) is 15.2. The van der Waals surface area contributed by atoms with Crippen molar-refractivity contribution in [3.05, 3.63) is 54.0 Å². The van der Waals surface area contributed by atoms with Gasteiger partial charge < -0.3 is 14.6 Å². The lowest BCUT2D eigenvalue weighted by Gasteiger charge is -2.35. The molecule has 1 amide bonds. The first-order valence-electron chi connectivity index (χ1n) is 8.91. The van der Waals surface area contributed by atoms with E-state index in [1.807, 2.05) is 48.1 Å². The van der Waals surface area contributed by atoms with Crippen LogP contribution in [0.15, 0.2) is 47.1 Å². The summed E-state index contributed by atoms with van der Waals surface area (Å²) in [5, 5.41) is 15.3. The molecule has 1 fully saturated rings. The SMILES string of the molecule is CO[C@H](C)c1cn([C@H]2C[C@@H](NC(=O)c3cc(-c4ccccc4)no3)C2)nn1. The molecule has 8 nitrogen and oxygen atoms in total. The fraction of sp³-hybridized carbons (Fsp3) is 0.368. The molecular formula is C19H21N5O3. The van der Waals surface area contributed by atoms with E-state index >= 15 is 0 Å². The highest BCUT2D eigenvalue weighted by Gasteiger charge is 2.33. The highest BCUT2D eigenvalue weighted by molar-refractivity contribution is 5.92. The number of aromatic nitrogens is 4. The Morgan fingerprint density at radius 3 is 2.85 bits per heavy atom. The number of ether oxygens (including phenoxy) is 1. The van der Waals surface area contributed by atoms with Gasteiger partial charge in [0.15, 0.2) is 0 Å². The Labute approximate surface area is 156 Å². The van der Waals surface area contributed by atoms with Crippen molar-refractivity contribution in [2.75, 3.05) is 7.11 Å². The maximum atomic E-state index is 12.4. The number of carbonyl (C=O) groups is 1. The summed E-state index contributed by atoms with van der Waals surface area (Å²) in [7, 11) is 1.64. The van der Waals surface area contributed by atoms with Crippen molar-refractivity contribution in [3.8, 4) is 11.3 Å². The van der Waals surface area contributed by atoms with E-state index in [0.29, 0.717) is 5.69 Å². The fourth-order valence-corrected chi connectivity index (χ4v) is 3.08. The van der Waals surface area contributed by atoms with Gasteiger partial charge in [-0.25, -0.2) is 4.68 Å². The van der Waals surface area contributed by atoms with Crippen molar-refractivity contribution in [1.29, 1.82) is 0 Å². The van der Waals surface area contributed by atoms with E-state index in [1.165, 1.54) is 0 Å². The molecule has 1 atom stereocenters. The summed E-state index contributed by atoms with van der Waals surface area (Å²) in [5.41, 5.74) is 2.37. The van der Waals surface area contributed by atoms with Gasteiger partial charge in [0.1, 0.15) is 11.4 Å². The molecule has 0 aliphatic heterocycles. The summed E-state index contributed by atoms with van der Waals surface area (Å²) < 4.78 is 12.3. The van der Waals surface area contributed by atoms with Crippen molar-refractivity contribution in [1.82, 2.24) is 25.5 Å². The molecular weight excluding hydrogens is 346 g/mol. The normalized spacial score (nSPS) is 20.1. The topological polar surface area (TPSA) is 95.1 Å². The van der Waals surface area contributed by atoms with Crippen LogP contribution in [0.2, 0.25) is 0 Å². The van der Waals surface area contributed by atoms with Gasteiger partial charge in [0.2, 0.25) is 5.76 Å². The average molecular weight is 367 g/mol. The third-order valence-corrected chi connectivity index (χ3v) is 4.92. The quantitative estimate of drug-likeness (QED) is 0.720. The van der Waals surface area contributed by atoms with Gasteiger partial charge in [-0.2, -0.15) is 0 Å². The standard InChI is InChI=1S/C19H21N5O3/c1-12(26-2)17-11-24(23-21-17)15-8-14(9-15)20-19(25)18-10-16(22-27-18)13-6-4-3-5-7-13/h3-7,10-12,14-15H,8-9H2,1-2H3,(H,20,25)/t12-,14-,15+/m1/s1. The number of rotatable bonds is 6. The van der Waals surface area contributed by atoms with Crippen LogP contribution in [0.25, 0.3) is 11.3 Å². The molecule has 140 valence electrons. The van der Waals surface area contributed by atoms with Gasteiger partial charge in [0, 0.05) is 24.8 Å². The van der Waals surface area contributed by atoms with E-state index in [0.717, 1.165) is 24.1 Å². The molecule has 8 heteroatoms. The molecule has 1 N–H and O–H groups in total. The van der Waals surface area contributed by atoms with Crippen LogP contribution in [0.4, 0.5) is 0 Å². The van der Waals surface area contributed by atoms with Crippen LogP contribution in [-0.4, -0.2) is 39.2 Å². The lowest BCUT2D eigenvalue weighted by Crippen LogP contribution is -2.45. The Hall–Kier alpha value is -3.00. The molecule has 0 bridgehead atoms. The molecule has 1 aromatic carbocycles. The molecule has 3 aromatic rings. The van der Waals surface area contributed by atoms with Crippen LogP contribution >= 0.6 is 0 Å². The smallest absolute Gasteiger partial charge is 0.290 e. The first kappa shape index (κ1) is 17.4. The van der Waals surface area contributed by atoms with Crippen molar-refractivity contribution in [2.45, 2.75) is 38.0 Å². The minimum absolute atomic E-state index is 0.0836. The van der Waals surface area contributed by atoms with Gasteiger partial charge >= 0.3 is 0 Å². The highest BCUT2D eigenvalue weighted by Crippen LogP contribution is 2.32. The highest BCUT2D eigenvalue weighted by atomic mass is 16.5. The number of hydrogen-bond donors (Lipinski definition) is 1. The van der Waals surface area contributed by atoms with Crippen LogP contribution in [0.3, 0.4) is 0 Å². The molecule has 27 heavy (non-hydrogen) atoms. The fourth-order valence-electron chi connectivity index (χ4n) is 3.08. The summed E-state index contributed by atoms with van der Waals surface area (Å²) >= 11 is 0. The van der Waals surface area contributed by atoms with Crippen LogP contribution in [0.1, 0.15) is 48.2 Å². The summed E-state index contributed by atoms with van der Waals surface area (Å²) in [4.78, 5) is 12.4. The number of carbonyl (C=O) groups excluding carboxylic acids is 1. The summed E-state index contributed by atoms with van der Waals surface area (Å²) in [6, 6.07) is 11.6. The number of nitrogens with zero attached hydrogens (tertiary/aromatic N) is 4. The second-order valence-corrected chi connectivity index (χ2v) is 6.74. The van der Waals surface area contributed by atoms with Crippen molar-refractivity contribution in [2.24, 2.45) is 0 Å². The molecule has 0 saturated heterocycles. The Balaban J connectivity index is 1.32. The van der Waals surface area contributed by atoms with E-state index in [-0.39, 0.29) is 29.9 Å². The van der Waals surface area contributed by atoms with Crippen molar-refractivity contribution < 1.29 is 14.1 Å². The van der Waals surface area contributed by atoms with Gasteiger partial charge in [-0.3, -0.25) is 4.79 Å². The number of amides is 1. The van der Waals surface area contributed by atoms with Crippen LogP contribution in [-0.2, 0) is 4.74 Å². The molecule has 1 aliphatic carbocycles. The van der Waals surface area contributed by atoms with Crippen LogP contribution < -0.4 is 5.32 Å². The summed E-state index contributed by atoms with van der Waals surface area (Å²) in [6.07, 6.45) is 3.42. The summed E-state index contributed by atoms with van der Waals surface area (Å²) in [5.74, 6) is -0.0327. The molecule has 4 rings (SSSR count). The molecule has 2 heterocycles. The van der Waals surface area contributed by atoms with E-state index in [4.69, 9.17) is 9.26 Å². The first-order valence-corrected chi connectivity index (χ1v) is 8.91. The van der Waals surface area contributed by atoms with E-state index < -0.39 is 0 Å². The average Bonchev–Trinajstić information content (AvgIpc) is 3.34. The predicted molar refractivity (Wildman–Crippen MR) is 96.9 cm³/mol. The molecule has 0 spiro atoms. The van der Waals surface area contributed by atoms with Crippen molar-refractivity contribution >= 4 is 5.91 Å². The van der Waals surface area contributed by atoms with Gasteiger partial charge in [-0.05, 0) is 19.8 Å². The third-order valence-electron chi connectivity index (χ3n) is 4.92.